The lowest BCUT2D eigenvalue weighted by Crippen LogP contribution is -2.27. The van der Waals surface area contributed by atoms with E-state index in [1.165, 1.54) is 11.3 Å². The van der Waals surface area contributed by atoms with Crippen LogP contribution in [0.3, 0.4) is 0 Å². The second-order valence-electron chi connectivity index (χ2n) is 8.13. The predicted molar refractivity (Wildman–Crippen MR) is 140 cm³/mol. The number of aryl methyl sites for hydroxylation is 1. The van der Waals surface area contributed by atoms with Crippen molar-refractivity contribution in [2.75, 3.05) is 30.8 Å². The first-order valence-electron chi connectivity index (χ1n) is 10.7. The Morgan fingerprint density at radius 3 is 2.68 bits per heavy atom. The highest BCUT2D eigenvalue weighted by molar-refractivity contribution is 7.98. The number of aliphatic imine (C=N–C) groups is 1. The van der Waals surface area contributed by atoms with Crippen LogP contribution >= 0.6 is 23.1 Å². The molecule has 2 N–H and O–H groups in total. The highest BCUT2D eigenvalue weighted by atomic mass is 32.2. The third-order valence-electron chi connectivity index (χ3n) is 5.76. The maximum absolute atomic E-state index is 12.9. The summed E-state index contributed by atoms with van der Waals surface area (Å²) in [5.41, 5.74) is 7.95. The van der Waals surface area contributed by atoms with Crippen LogP contribution in [0.15, 0.2) is 40.2 Å². The Morgan fingerprint density at radius 2 is 2.00 bits per heavy atom. The standard InChI is InChI=1S/C23H27N3O5S3/c1-26-12-17(14-4-5-18(31-13-32-3)19(10-14)30-2)21-16(23(26)27)11-20(33-21)22(24)25-15-6-8-34(28,29)9-7-15/h4-5,10-12,15H,6-9,13H2,1-3H3,(H2,24,25). The number of amidine groups is 1. The Hall–Kier alpha value is -2.50. The summed E-state index contributed by atoms with van der Waals surface area (Å²) in [6, 6.07) is 7.35. The fourth-order valence-electron chi connectivity index (χ4n) is 3.93. The van der Waals surface area contributed by atoms with Crippen molar-refractivity contribution in [1.82, 2.24) is 4.57 Å². The maximum Gasteiger partial charge on any atom is 0.259 e. The number of hydrogen-bond donors (Lipinski definition) is 1. The van der Waals surface area contributed by atoms with Crippen molar-refractivity contribution in [2.24, 2.45) is 17.8 Å². The van der Waals surface area contributed by atoms with E-state index < -0.39 is 9.84 Å². The number of ether oxygens (including phenoxy) is 2. The lowest BCUT2D eigenvalue weighted by atomic mass is 10.1. The van der Waals surface area contributed by atoms with E-state index in [-0.39, 0.29) is 23.1 Å². The van der Waals surface area contributed by atoms with Gasteiger partial charge in [0.15, 0.2) is 11.5 Å². The van der Waals surface area contributed by atoms with Crippen LogP contribution in [0.2, 0.25) is 0 Å². The molecule has 0 spiro atoms. The molecule has 3 heterocycles. The van der Waals surface area contributed by atoms with Gasteiger partial charge in [-0.05, 0) is 42.9 Å². The highest BCUT2D eigenvalue weighted by Gasteiger charge is 2.24. The molecule has 0 atom stereocenters. The van der Waals surface area contributed by atoms with Gasteiger partial charge in [-0.1, -0.05) is 6.07 Å². The first-order chi connectivity index (χ1) is 16.2. The van der Waals surface area contributed by atoms with Gasteiger partial charge in [0.1, 0.15) is 21.6 Å². The lowest BCUT2D eigenvalue weighted by molar-refractivity contribution is 0.344. The molecule has 182 valence electrons. The molecule has 8 nitrogen and oxygen atoms in total. The van der Waals surface area contributed by atoms with Crippen molar-refractivity contribution in [3.8, 4) is 22.6 Å². The molecule has 3 aromatic rings. The summed E-state index contributed by atoms with van der Waals surface area (Å²) >= 11 is 2.98. The summed E-state index contributed by atoms with van der Waals surface area (Å²) in [5.74, 6) is 2.36. The minimum atomic E-state index is -2.97. The van der Waals surface area contributed by atoms with Crippen molar-refractivity contribution in [3.63, 3.8) is 0 Å². The molecule has 0 radical (unpaired) electrons. The van der Waals surface area contributed by atoms with Gasteiger partial charge in [-0.15, -0.1) is 23.1 Å². The normalized spacial score (nSPS) is 16.6. The molecule has 2 aromatic heterocycles. The Labute approximate surface area is 206 Å². The zero-order valence-electron chi connectivity index (χ0n) is 19.2. The van der Waals surface area contributed by atoms with E-state index in [0.29, 0.717) is 46.4 Å². The molecule has 11 heteroatoms. The third-order valence-corrected chi connectivity index (χ3v) is 9.02. The van der Waals surface area contributed by atoms with Crippen LogP contribution in [0, 0.1) is 0 Å². The van der Waals surface area contributed by atoms with E-state index >= 15 is 0 Å². The smallest absolute Gasteiger partial charge is 0.259 e. The Kier molecular flexibility index (Phi) is 7.25. The number of fused-ring (bicyclic) bond motifs is 1. The van der Waals surface area contributed by atoms with E-state index in [9.17, 15) is 13.2 Å². The average molecular weight is 522 g/mol. The van der Waals surface area contributed by atoms with Crippen molar-refractivity contribution < 1.29 is 17.9 Å². The first kappa shape index (κ1) is 24.6. The average Bonchev–Trinajstić information content (AvgIpc) is 3.27. The predicted octanol–water partition coefficient (Wildman–Crippen LogP) is 3.26. The number of aromatic nitrogens is 1. The maximum atomic E-state index is 12.9. The topological polar surface area (TPSA) is 113 Å². The summed E-state index contributed by atoms with van der Waals surface area (Å²) in [5, 5.41) is 0.561. The van der Waals surface area contributed by atoms with Gasteiger partial charge in [0.2, 0.25) is 0 Å². The highest BCUT2D eigenvalue weighted by Crippen LogP contribution is 2.38. The third kappa shape index (κ3) is 5.11. The summed E-state index contributed by atoms with van der Waals surface area (Å²) in [4.78, 5) is 18.2. The number of hydrogen-bond acceptors (Lipinski definition) is 8. The monoisotopic (exact) mass is 521 g/mol. The molecule has 1 aromatic carbocycles. The fourth-order valence-corrected chi connectivity index (χ4v) is 6.73. The van der Waals surface area contributed by atoms with Crippen molar-refractivity contribution in [3.05, 3.63) is 45.7 Å². The van der Waals surface area contributed by atoms with Crippen molar-refractivity contribution in [1.29, 1.82) is 0 Å². The number of benzene rings is 1. The fraction of sp³-hybridized carbons (Fsp3) is 0.391. The van der Waals surface area contributed by atoms with Crippen LogP contribution in [-0.4, -0.2) is 55.7 Å². The molecule has 0 saturated carbocycles. The van der Waals surface area contributed by atoms with Gasteiger partial charge in [-0.3, -0.25) is 9.79 Å². The minimum Gasteiger partial charge on any atom is -0.493 e. The number of pyridine rings is 1. The number of sulfone groups is 1. The molecule has 0 bridgehead atoms. The SMILES string of the molecule is COc1cc(-c2cn(C)c(=O)c3cc(C(N)=NC4CCS(=O)(=O)CC4)sc23)ccc1OCSC. The van der Waals surface area contributed by atoms with Crippen LogP contribution in [-0.2, 0) is 16.9 Å². The van der Waals surface area contributed by atoms with E-state index in [0.717, 1.165) is 15.8 Å². The number of nitrogens with two attached hydrogens (primary N) is 1. The van der Waals surface area contributed by atoms with Crippen LogP contribution in [0.5, 0.6) is 11.5 Å². The van der Waals surface area contributed by atoms with Crippen LogP contribution in [0.4, 0.5) is 0 Å². The Balaban J connectivity index is 1.74. The van der Waals surface area contributed by atoms with Crippen LogP contribution in [0.25, 0.3) is 21.2 Å². The van der Waals surface area contributed by atoms with Crippen molar-refractivity contribution in [2.45, 2.75) is 18.9 Å². The molecule has 1 saturated heterocycles. The van der Waals surface area contributed by atoms with E-state index in [2.05, 4.69) is 4.99 Å². The van der Waals surface area contributed by atoms with E-state index in [4.69, 9.17) is 15.2 Å². The molecule has 1 aliphatic rings. The van der Waals surface area contributed by atoms with Gasteiger partial charge in [-0.2, -0.15) is 0 Å². The summed E-state index contributed by atoms with van der Waals surface area (Å²) in [6.45, 7) is 0. The molecular weight excluding hydrogens is 494 g/mol. The second kappa shape index (κ2) is 10.0. The summed E-state index contributed by atoms with van der Waals surface area (Å²) in [6.07, 6.45) is 4.69. The molecule has 1 aliphatic heterocycles. The van der Waals surface area contributed by atoms with Crippen molar-refractivity contribution >= 4 is 48.9 Å². The summed E-state index contributed by atoms with van der Waals surface area (Å²) in [7, 11) is 0.344. The van der Waals surface area contributed by atoms with E-state index in [1.807, 2.05) is 30.7 Å². The van der Waals surface area contributed by atoms with Crippen LogP contribution in [0.1, 0.15) is 17.7 Å². The quantitative estimate of drug-likeness (QED) is 0.288. The molecule has 0 unspecified atom stereocenters. The zero-order valence-corrected chi connectivity index (χ0v) is 21.7. The number of nitrogens with zero attached hydrogens (tertiary/aromatic N) is 2. The van der Waals surface area contributed by atoms with E-state index in [1.54, 1.807) is 36.6 Å². The summed E-state index contributed by atoms with van der Waals surface area (Å²) < 4.78 is 37.0. The lowest BCUT2D eigenvalue weighted by Gasteiger charge is -2.18. The van der Waals surface area contributed by atoms with Gasteiger partial charge < -0.3 is 19.8 Å². The molecule has 1 fully saturated rings. The van der Waals surface area contributed by atoms with Gasteiger partial charge in [0.25, 0.3) is 5.56 Å². The Morgan fingerprint density at radius 1 is 1.26 bits per heavy atom. The van der Waals surface area contributed by atoms with Crippen LogP contribution < -0.4 is 20.8 Å². The molecule has 0 aliphatic carbocycles. The largest absolute Gasteiger partial charge is 0.493 e. The molecule has 34 heavy (non-hydrogen) atoms. The van der Waals surface area contributed by atoms with Gasteiger partial charge in [0, 0.05) is 23.5 Å². The zero-order chi connectivity index (χ0) is 24.5. The van der Waals surface area contributed by atoms with Gasteiger partial charge >= 0.3 is 0 Å². The second-order valence-corrected chi connectivity index (χ2v) is 12.3. The number of rotatable bonds is 7. The molecular formula is C23H27N3O5S3. The van der Waals surface area contributed by atoms with Gasteiger partial charge in [-0.25, -0.2) is 8.42 Å². The minimum absolute atomic E-state index is 0.121. The number of methoxy groups -OCH3 is 1. The Bertz CT molecular complexity index is 1400. The molecule has 0 amide bonds. The first-order valence-corrected chi connectivity index (χ1v) is 14.7. The number of thioether (sulfide) groups is 1. The number of thiophene rings is 1. The molecule has 4 rings (SSSR count). The van der Waals surface area contributed by atoms with Gasteiger partial charge in [0.05, 0.1) is 34.9 Å².